The molecule has 0 radical (unpaired) electrons. The highest BCUT2D eigenvalue weighted by molar-refractivity contribution is 6.30. The molecule has 1 fully saturated rings. The van der Waals surface area contributed by atoms with E-state index in [0.29, 0.717) is 22.2 Å². The van der Waals surface area contributed by atoms with E-state index in [9.17, 15) is 4.79 Å². The van der Waals surface area contributed by atoms with Gasteiger partial charge in [0.1, 0.15) is 0 Å². The van der Waals surface area contributed by atoms with Crippen molar-refractivity contribution in [2.45, 2.75) is 18.9 Å². The predicted molar refractivity (Wildman–Crippen MR) is 85.2 cm³/mol. The second-order valence-electron chi connectivity index (χ2n) is 5.46. The Hall–Kier alpha value is -2.00. The molecule has 3 N–H and O–H groups in total. The van der Waals surface area contributed by atoms with E-state index in [1.807, 2.05) is 24.3 Å². The van der Waals surface area contributed by atoms with Gasteiger partial charge in [-0.2, -0.15) is 0 Å². The monoisotopic (exact) mass is 300 g/mol. The van der Waals surface area contributed by atoms with Gasteiger partial charge in [0.25, 0.3) is 5.91 Å². The molecule has 1 aliphatic rings. The molecule has 0 heterocycles. The van der Waals surface area contributed by atoms with Crippen LogP contribution >= 0.6 is 11.6 Å². The number of nitrogen functional groups attached to an aromatic ring is 1. The molecule has 1 saturated carbocycles. The molecule has 108 valence electrons. The highest BCUT2D eigenvalue weighted by Crippen LogP contribution is 2.41. The summed E-state index contributed by atoms with van der Waals surface area (Å²) in [6, 6.07) is 14.7. The van der Waals surface area contributed by atoms with Gasteiger partial charge in [-0.25, -0.2) is 0 Å². The van der Waals surface area contributed by atoms with Crippen molar-refractivity contribution in [3.05, 3.63) is 64.7 Å². The molecule has 0 spiro atoms. The van der Waals surface area contributed by atoms with Crippen molar-refractivity contribution < 1.29 is 4.79 Å². The summed E-state index contributed by atoms with van der Waals surface area (Å²) in [5.41, 5.74) is 8.03. The zero-order valence-corrected chi connectivity index (χ0v) is 12.3. The van der Waals surface area contributed by atoms with Crippen LogP contribution in [-0.2, 0) is 0 Å². The number of nitrogens with two attached hydrogens (primary N) is 1. The zero-order chi connectivity index (χ0) is 14.8. The molecular weight excluding hydrogens is 284 g/mol. The van der Waals surface area contributed by atoms with Crippen molar-refractivity contribution in [1.29, 1.82) is 0 Å². The molecule has 0 aliphatic heterocycles. The number of nitrogens with one attached hydrogen (secondary N) is 1. The quantitative estimate of drug-likeness (QED) is 0.844. The largest absolute Gasteiger partial charge is 0.399 e. The first-order valence-corrected chi connectivity index (χ1v) is 7.43. The van der Waals surface area contributed by atoms with Crippen molar-refractivity contribution in [2.75, 3.05) is 5.73 Å². The maximum Gasteiger partial charge on any atom is 0.251 e. The van der Waals surface area contributed by atoms with Crippen LogP contribution in [0.3, 0.4) is 0 Å². The third-order valence-corrected chi connectivity index (χ3v) is 4.03. The van der Waals surface area contributed by atoms with Crippen molar-refractivity contribution in [1.82, 2.24) is 5.32 Å². The lowest BCUT2D eigenvalue weighted by molar-refractivity contribution is 0.0931. The van der Waals surface area contributed by atoms with Crippen LogP contribution in [0.15, 0.2) is 48.5 Å². The van der Waals surface area contributed by atoms with E-state index in [-0.39, 0.29) is 11.9 Å². The van der Waals surface area contributed by atoms with Gasteiger partial charge in [-0.1, -0.05) is 23.7 Å². The number of carbonyl (C=O) groups excluding carboxylic acids is 1. The average Bonchev–Trinajstić information content (AvgIpc) is 3.31. The minimum Gasteiger partial charge on any atom is -0.399 e. The number of hydrogen-bond acceptors (Lipinski definition) is 2. The molecular formula is C17H17ClN2O. The summed E-state index contributed by atoms with van der Waals surface area (Å²) >= 11 is 5.93. The van der Waals surface area contributed by atoms with E-state index in [2.05, 4.69) is 5.32 Å². The fourth-order valence-electron chi connectivity index (χ4n) is 2.43. The van der Waals surface area contributed by atoms with E-state index in [1.54, 1.807) is 24.3 Å². The van der Waals surface area contributed by atoms with Crippen molar-refractivity contribution in [2.24, 2.45) is 5.92 Å². The first-order chi connectivity index (χ1) is 10.1. The molecule has 0 saturated heterocycles. The number of amides is 1. The predicted octanol–water partition coefficient (Wildman–Crippen LogP) is 3.80. The van der Waals surface area contributed by atoms with Gasteiger partial charge in [0, 0.05) is 16.3 Å². The van der Waals surface area contributed by atoms with E-state index in [4.69, 9.17) is 17.3 Å². The molecule has 4 heteroatoms. The van der Waals surface area contributed by atoms with Gasteiger partial charge in [0.15, 0.2) is 0 Å². The SMILES string of the molecule is Nc1ccc(C(=O)NC(c2ccc(Cl)cc2)C2CC2)cc1. The second-order valence-corrected chi connectivity index (χ2v) is 5.90. The van der Waals surface area contributed by atoms with Gasteiger partial charge in [0.2, 0.25) is 0 Å². The summed E-state index contributed by atoms with van der Waals surface area (Å²) in [6.45, 7) is 0. The summed E-state index contributed by atoms with van der Waals surface area (Å²) in [5, 5.41) is 3.83. The molecule has 1 amide bonds. The minimum absolute atomic E-state index is 0.0484. The van der Waals surface area contributed by atoms with Gasteiger partial charge in [-0.15, -0.1) is 0 Å². The van der Waals surface area contributed by atoms with Crippen LogP contribution in [0.5, 0.6) is 0 Å². The second kappa shape index (κ2) is 5.78. The summed E-state index contributed by atoms with van der Waals surface area (Å²) in [4.78, 5) is 12.4. The number of carbonyl (C=O) groups is 1. The number of benzene rings is 2. The van der Waals surface area contributed by atoms with Gasteiger partial charge in [0.05, 0.1) is 6.04 Å². The van der Waals surface area contributed by atoms with Gasteiger partial charge in [-0.3, -0.25) is 4.79 Å². The molecule has 2 aromatic carbocycles. The summed E-state index contributed by atoms with van der Waals surface area (Å²) in [5.74, 6) is 0.450. The fourth-order valence-corrected chi connectivity index (χ4v) is 2.56. The molecule has 0 aromatic heterocycles. The molecule has 3 rings (SSSR count). The Balaban J connectivity index is 1.77. The highest BCUT2D eigenvalue weighted by atomic mass is 35.5. The maximum atomic E-state index is 12.4. The Kier molecular flexibility index (Phi) is 3.84. The molecule has 1 aliphatic carbocycles. The van der Waals surface area contributed by atoms with Crippen molar-refractivity contribution >= 4 is 23.2 Å². The molecule has 1 unspecified atom stereocenters. The van der Waals surface area contributed by atoms with Crippen molar-refractivity contribution in [3.8, 4) is 0 Å². The Morgan fingerprint density at radius 3 is 2.29 bits per heavy atom. The van der Waals surface area contributed by atoms with E-state index >= 15 is 0 Å². The fraction of sp³-hybridized carbons (Fsp3) is 0.235. The van der Waals surface area contributed by atoms with Crippen LogP contribution in [0.1, 0.15) is 34.8 Å². The summed E-state index contributed by atoms with van der Waals surface area (Å²) in [6.07, 6.45) is 2.30. The third-order valence-electron chi connectivity index (χ3n) is 3.78. The van der Waals surface area contributed by atoms with Crippen LogP contribution in [0, 0.1) is 5.92 Å². The van der Waals surface area contributed by atoms with E-state index in [0.717, 1.165) is 18.4 Å². The number of rotatable bonds is 4. The van der Waals surface area contributed by atoms with Crippen LogP contribution in [0.25, 0.3) is 0 Å². The topological polar surface area (TPSA) is 55.1 Å². The Bertz CT molecular complexity index is 633. The molecule has 0 bridgehead atoms. The standard InChI is InChI=1S/C17H17ClN2O/c18-14-7-3-12(4-8-14)16(11-1-2-11)20-17(21)13-5-9-15(19)10-6-13/h3-11,16H,1-2,19H2,(H,20,21). The molecule has 1 atom stereocenters. The van der Waals surface area contributed by atoms with Gasteiger partial charge < -0.3 is 11.1 Å². The van der Waals surface area contributed by atoms with E-state index in [1.165, 1.54) is 0 Å². The van der Waals surface area contributed by atoms with Crippen LogP contribution in [0.4, 0.5) is 5.69 Å². The average molecular weight is 301 g/mol. The van der Waals surface area contributed by atoms with Crippen LogP contribution in [-0.4, -0.2) is 5.91 Å². The normalized spacial score (nSPS) is 15.5. The third kappa shape index (κ3) is 3.37. The summed E-state index contributed by atoms with van der Waals surface area (Å²) < 4.78 is 0. The van der Waals surface area contributed by atoms with Gasteiger partial charge >= 0.3 is 0 Å². The highest BCUT2D eigenvalue weighted by Gasteiger charge is 2.33. The lowest BCUT2D eigenvalue weighted by Gasteiger charge is -2.19. The zero-order valence-electron chi connectivity index (χ0n) is 11.6. The Morgan fingerprint density at radius 2 is 1.71 bits per heavy atom. The Morgan fingerprint density at radius 1 is 1.10 bits per heavy atom. The minimum atomic E-state index is -0.0677. The molecule has 21 heavy (non-hydrogen) atoms. The van der Waals surface area contributed by atoms with Gasteiger partial charge in [-0.05, 0) is 60.7 Å². The smallest absolute Gasteiger partial charge is 0.251 e. The number of halogens is 1. The lowest BCUT2D eigenvalue weighted by atomic mass is 10.0. The van der Waals surface area contributed by atoms with Crippen LogP contribution in [0.2, 0.25) is 5.02 Å². The first kappa shape index (κ1) is 14.0. The molecule has 3 nitrogen and oxygen atoms in total. The number of anilines is 1. The van der Waals surface area contributed by atoms with Crippen LogP contribution < -0.4 is 11.1 Å². The Labute approximate surface area is 129 Å². The van der Waals surface area contributed by atoms with Crippen molar-refractivity contribution in [3.63, 3.8) is 0 Å². The summed E-state index contributed by atoms with van der Waals surface area (Å²) in [7, 11) is 0. The first-order valence-electron chi connectivity index (χ1n) is 7.05. The lowest BCUT2D eigenvalue weighted by Crippen LogP contribution is -2.29. The number of hydrogen-bond donors (Lipinski definition) is 2. The maximum absolute atomic E-state index is 12.4. The van der Waals surface area contributed by atoms with E-state index < -0.39 is 0 Å². The molecule has 2 aromatic rings.